The minimum atomic E-state index is -0.412. The highest BCUT2D eigenvalue weighted by atomic mass is 35.5. The van der Waals surface area contributed by atoms with Gasteiger partial charge in [0.25, 0.3) is 5.91 Å². The lowest BCUT2D eigenvalue weighted by Crippen LogP contribution is -2.39. The molecule has 0 N–H and O–H groups in total. The molecule has 0 bridgehead atoms. The molecule has 28 heavy (non-hydrogen) atoms. The smallest absolute Gasteiger partial charge is 0.359 e. The Morgan fingerprint density at radius 3 is 2.86 bits per heavy atom. The predicted molar refractivity (Wildman–Crippen MR) is 100 cm³/mol. The molecule has 2 heterocycles. The maximum atomic E-state index is 13.3. The number of likely N-dealkylation sites (tertiary alicyclic amines) is 1. The molecule has 0 unspecified atom stereocenters. The average Bonchev–Trinajstić information content (AvgIpc) is 3.17. The largest absolute Gasteiger partial charge is 0.422 e. The van der Waals surface area contributed by atoms with Crippen LogP contribution in [0.3, 0.4) is 0 Å². The first-order valence-electron chi connectivity index (χ1n) is 8.90. The van der Waals surface area contributed by atoms with Gasteiger partial charge < -0.3 is 14.2 Å². The van der Waals surface area contributed by atoms with Crippen molar-refractivity contribution < 1.29 is 18.4 Å². The molecule has 1 amide bonds. The second-order valence-electron chi connectivity index (χ2n) is 6.57. The van der Waals surface area contributed by atoms with Crippen molar-refractivity contribution in [3.8, 4) is 11.8 Å². The fraction of sp³-hybridized carbons (Fsp3) is 0.250. The van der Waals surface area contributed by atoms with Gasteiger partial charge in [0.2, 0.25) is 5.89 Å². The van der Waals surface area contributed by atoms with E-state index in [-0.39, 0.29) is 23.6 Å². The number of ether oxygens (including phenoxy) is 1. The average molecular weight is 402 g/mol. The molecule has 6 nitrogen and oxygen atoms in total. The zero-order valence-electron chi connectivity index (χ0n) is 14.8. The Balaban J connectivity index is 1.44. The van der Waals surface area contributed by atoms with Crippen LogP contribution >= 0.6 is 11.6 Å². The van der Waals surface area contributed by atoms with Gasteiger partial charge in [0.1, 0.15) is 11.6 Å². The van der Waals surface area contributed by atoms with Crippen LogP contribution in [0.1, 0.15) is 35.0 Å². The first kappa shape index (κ1) is 18.4. The third-order valence-electron chi connectivity index (χ3n) is 4.58. The lowest BCUT2D eigenvalue weighted by atomic mass is 9.97. The summed E-state index contributed by atoms with van der Waals surface area (Å²) in [4.78, 5) is 18.8. The van der Waals surface area contributed by atoms with E-state index in [4.69, 9.17) is 20.9 Å². The Bertz CT molecular complexity index is 977. The van der Waals surface area contributed by atoms with Crippen molar-refractivity contribution >= 4 is 17.5 Å². The quantitative estimate of drug-likeness (QED) is 0.635. The Morgan fingerprint density at radius 1 is 1.25 bits per heavy atom. The maximum absolute atomic E-state index is 13.3. The van der Waals surface area contributed by atoms with Crippen molar-refractivity contribution in [3.05, 3.63) is 70.8 Å². The molecule has 0 aliphatic carbocycles. The van der Waals surface area contributed by atoms with Crippen LogP contribution in [-0.4, -0.2) is 34.0 Å². The van der Waals surface area contributed by atoms with Gasteiger partial charge in [-0.1, -0.05) is 17.7 Å². The summed E-state index contributed by atoms with van der Waals surface area (Å²) >= 11 is 5.89. The maximum Gasteiger partial charge on any atom is 0.359 e. The van der Waals surface area contributed by atoms with E-state index in [1.807, 2.05) is 0 Å². The van der Waals surface area contributed by atoms with Crippen LogP contribution in [0, 0.1) is 5.82 Å². The molecular formula is C20H17ClFN3O3. The number of aromatic nitrogens is 2. The highest BCUT2D eigenvalue weighted by Gasteiger charge is 2.29. The highest BCUT2D eigenvalue weighted by molar-refractivity contribution is 6.30. The van der Waals surface area contributed by atoms with E-state index in [1.165, 1.54) is 18.2 Å². The van der Waals surface area contributed by atoms with Crippen LogP contribution in [0.5, 0.6) is 11.8 Å². The summed E-state index contributed by atoms with van der Waals surface area (Å²) in [6.45, 7) is 1.14. The number of carbonyl (C=O) groups excluding carboxylic acids is 1. The van der Waals surface area contributed by atoms with E-state index >= 15 is 0 Å². The summed E-state index contributed by atoms with van der Waals surface area (Å²) in [7, 11) is 0. The first-order chi connectivity index (χ1) is 13.6. The Morgan fingerprint density at radius 2 is 2.07 bits per heavy atom. The summed E-state index contributed by atoms with van der Waals surface area (Å²) in [6, 6.07) is 12.5. The molecule has 4 rings (SSSR count). The van der Waals surface area contributed by atoms with Crippen LogP contribution in [0.2, 0.25) is 5.02 Å². The van der Waals surface area contributed by atoms with Gasteiger partial charge in [0.05, 0.1) is 5.92 Å². The zero-order valence-corrected chi connectivity index (χ0v) is 15.6. The van der Waals surface area contributed by atoms with Gasteiger partial charge in [-0.2, -0.15) is 4.98 Å². The molecule has 0 radical (unpaired) electrons. The molecule has 8 heteroatoms. The third-order valence-corrected chi connectivity index (χ3v) is 4.83. The van der Waals surface area contributed by atoms with Crippen LogP contribution in [0.25, 0.3) is 0 Å². The summed E-state index contributed by atoms with van der Waals surface area (Å²) in [5, 5.41) is 4.39. The summed E-state index contributed by atoms with van der Waals surface area (Å²) in [5.74, 6) is 0.139. The number of piperidine rings is 1. The Labute approximate surface area is 165 Å². The molecule has 144 valence electrons. The molecule has 0 spiro atoms. The number of rotatable bonds is 4. The van der Waals surface area contributed by atoms with Crippen molar-refractivity contribution in [2.45, 2.75) is 18.8 Å². The van der Waals surface area contributed by atoms with Crippen molar-refractivity contribution in [2.75, 3.05) is 13.1 Å². The number of hydrogen-bond donors (Lipinski definition) is 0. The van der Waals surface area contributed by atoms with E-state index in [2.05, 4.69) is 10.1 Å². The number of halogens is 2. The number of amides is 1. The molecule has 3 aromatic rings. The lowest BCUT2D eigenvalue weighted by molar-refractivity contribution is 0.0695. The topological polar surface area (TPSA) is 68.5 Å². The van der Waals surface area contributed by atoms with E-state index in [9.17, 15) is 9.18 Å². The van der Waals surface area contributed by atoms with Gasteiger partial charge in [0.15, 0.2) is 0 Å². The minimum Gasteiger partial charge on any atom is -0.422 e. The van der Waals surface area contributed by atoms with Gasteiger partial charge in [-0.25, -0.2) is 4.39 Å². The minimum absolute atomic E-state index is 0.0155. The summed E-state index contributed by atoms with van der Waals surface area (Å²) in [5.41, 5.74) is 0.589. The van der Waals surface area contributed by atoms with Crippen molar-refractivity contribution in [1.82, 2.24) is 15.0 Å². The van der Waals surface area contributed by atoms with E-state index in [0.29, 0.717) is 29.6 Å². The van der Waals surface area contributed by atoms with Gasteiger partial charge in [-0.3, -0.25) is 4.79 Å². The van der Waals surface area contributed by atoms with Crippen molar-refractivity contribution in [3.63, 3.8) is 0 Å². The predicted octanol–water partition coefficient (Wildman–Crippen LogP) is 4.67. The van der Waals surface area contributed by atoms with Crippen LogP contribution < -0.4 is 4.74 Å². The molecule has 1 aromatic heterocycles. The molecule has 1 aliphatic rings. The molecular weight excluding hydrogens is 385 g/mol. The summed E-state index contributed by atoms with van der Waals surface area (Å²) < 4.78 is 24.0. The Hall–Kier alpha value is -2.93. The van der Waals surface area contributed by atoms with Crippen LogP contribution in [-0.2, 0) is 0 Å². The second-order valence-corrected chi connectivity index (χ2v) is 7.01. The number of benzene rings is 2. The standard InChI is InChI=1S/C20H17ClFN3O3/c21-15-8-6-13(7-9-15)19(26)25-10-2-3-14(12-25)18-23-20(24-28-18)27-17-5-1-4-16(22)11-17/h1,4-9,11,14H,2-3,10,12H2/t14-/m0/s1. The third kappa shape index (κ3) is 4.14. The van der Waals surface area contributed by atoms with Gasteiger partial charge in [-0.05, 0) is 54.4 Å². The number of hydrogen-bond acceptors (Lipinski definition) is 5. The van der Waals surface area contributed by atoms with Crippen molar-refractivity contribution in [1.29, 1.82) is 0 Å². The SMILES string of the molecule is O=C(c1ccc(Cl)cc1)N1CCC[C@H](c2nc(Oc3cccc(F)c3)no2)C1. The van der Waals surface area contributed by atoms with Crippen LogP contribution in [0.4, 0.5) is 4.39 Å². The monoisotopic (exact) mass is 401 g/mol. The molecule has 0 saturated carbocycles. The lowest BCUT2D eigenvalue weighted by Gasteiger charge is -2.31. The second kappa shape index (κ2) is 7.98. The molecule has 2 aromatic carbocycles. The molecule has 1 fully saturated rings. The van der Waals surface area contributed by atoms with E-state index in [0.717, 1.165) is 12.8 Å². The summed E-state index contributed by atoms with van der Waals surface area (Å²) in [6.07, 6.45) is 1.65. The fourth-order valence-electron chi connectivity index (χ4n) is 3.20. The zero-order chi connectivity index (χ0) is 19.5. The first-order valence-corrected chi connectivity index (χ1v) is 9.28. The Kier molecular flexibility index (Phi) is 5.25. The van der Waals surface area contributed by atoms with Gasteiger partial charge in [-0.15, -0.1) is 0 Å². The molecule has 1 aliphatic heterocycles. The number of nitrogens with zero attached hydrogens (tertiary/aromatic N) is 3. The fourth-order valence-corrected chi connectivity index (χ4v) is 3.33. The van der Waals surface area contributed by atoms with Crippen LogP contribution in [0.15, 0.2) is 53.1 Å². The van der Waals surface area contributed by atoms with Gasteiger partial charge in [0, 0.05) is 29.7 Å². The van der Waals surface area contributed by atoms with Gasteiger partial charge >= 0.3 is 6.01 Å². The normalized spacial score (nSPS) is 16.8. The number of carbonyl (C=O) groups is 1. The highest BCUT2D eigenvalue weighted by Crippen LogP contribution is 2.29. The van der Waals surface area contributed by atoms with E-state index < -0.39 is 5.82 Å². The van der Waals surface area contributed by atoms with Crippen molar-refractivity contribution in [2.24, 2.45) is 0 Å². The molecule has 1 saturated heterocycles. The van der Waals surface area contributed by atoms with E-state index in [1.54, 1.807) is 35.2 Å². The molecule has 1 atom stereocenters.